The van der Waals surface area contributed by atoms with Crippen molar-refractivity contribution in [3.63, 3.8) is 0 Å². The van der Waals surface area contributed by atoms with Crippen LogP contribution in [0, 0.1) is 0 Å². The van der Waals surface area contributed by atoms with Crippen molar-refractivity contribution in [1.82, 2.24) is 4.90 Å². The highest BCUT2D eigenvalue weighted by molar-refractivity contribution is 4.91. The van der Waals surface area contributed by atoms with Gasteiger partial charge in [-0.3, -0.25) is 0 Å². The van der Waals surface area contributed by atoms with Gasteiger partial charge in [-0.25, -0.2) is 0 Å². The molecule has 160 valence electrons. The second kappa shape index (κ2) is 23.3. The lowest BCUT2D eigenvalue weighted by Crippen LogP contribution is -2.07. The summed E-state index contributed by atoms with van der Waals surface area (Å²) in [6.07, 6.45) is 34.3. The highest BCUT2D eigenvalue weighted by atomic mass is 15.1. The molecule has 0 fully saturated rings. The molecule has 0 spiro atoms. The van der Waals surface area contributed by atoms with E-state index in [1.165, 1.54) is 116 Å². The summed E-state index contributed by atoms with van der Waals surface area (Å²) in [7, 11) is 0. The van der Waals surface area contributed by atoms with Crippen molar-refractivity contribution in [1.29, 1.82) is 0 Å². The molecule has 0 unspecified atom stereocenters. The Morgan fingerprint density at radius 2 is 0.778 bits per heavy atom. The minimum absolute atomic E-state index is 1.07. The Bertz CT molecular complexity index is 288. The van der Waals surface area contributed by atoms with E-state index in [0.717, 1.165) is 6.54 Å². The van der Waals surface area contributed by atoms with E-state index in [4.69, 9.17) is 0 Å². The molecular weight excluding hydrogens is 326 g/mol. The Kier molecular flexibility index (Phi) is 22.7. The molecule has 0 aromatic carbocycles. The smallest absolute Gasteiger partial charge is 0.0190 e. The second-order valence-electron chi connectivity index (χ2n) is 8.13. The first-order chi connectivity index (χ1) is 13.3. The van der Waals surface area contributed by atoms with E-state index in [1.807, 2.05) is 0 Å². The van der Waals surface area contributed by atoms with E-state index in [1.54, 1.807) is 0 Å². The fourth-order valence-corrected chi connectivity index (χ4v) is 3.47. The summed E-state index contributed by atoms with van der Waals surface area (Å²) < 4.78 is 0. The minimum Gasteiger partial charge on any atom is -0.355 e. The van der Waals surface area contributed by atoms with Crippen molar-refractivity contribution in [3.05, 3.63) is 24.6 Å². The van der Waals surface area contributed by atoms with Crippen LogP contribution in [0.25, 0.3) is 0 Å². The maximum absolute atomic E-state index is 2.36. The molecule has 0 radical (unpaired) electrons. The number of allylic oxidation sites excluding steroid dienone is 2. The number of hydrogen-bond acceptors (Lipinski definition) is 1. The average Bonchev–Trinajstić information content (AvgIpc) is 2.69. The topological polar surface area (TPSA) is 3.24 Å². The van der Waals surface area contributed by atoms with Gasteiger partial charge in [-0.15, -0.1) is 0 Å². The van der Waals surface area contributed by atoms with Crippen molar-refractivity contribution < 1.29 is 0 Å². The van der Waals surface area contributed by atoms with Crippen LogP contribution >= 0.6 is 0 Å². The Labute approximate surface area is 172 Å². The lowest BCUT2D eigenvalue weighted by molar-refractivity contribution is 0.527. The lowest BCUT2D eigenvalue weighted by atomic mass is 10.1. The summed E-state index contributed by atoms with van der Waals surface area (Å²) in [5.41, 5.74) is 0. The quantitative estimate of drug-likeness (QED) is 0.180. The van der Waals surface area contributed by atoms with Crippen molar-refractivity contribution >= 4 is 0 Å². The zero-order valence-corrected chi connectivity index (χ0v) is 19.2. The van der Waals surface area contributed by atoms with Crippen LogP contribution in [-0.2, 0) is 0 Å². The van der Waals surface area contributed by atoms with E-state index in [-0.39, 0.29) is 0 Å². The lowest BCUT2D eigenvalue weighted by Gasteiger charge is -2.12. The Morgan fingerprint density at radius 1 is 0.444 bits per heavy atom. The highest BCUT2D eigenvalue weighted by Gasteiger charge is 1.93. The maximum Gasteiger partial charge on any atom is 0.0190 e. The van der Waals surface area contributed by atoms with E-state index in [9.17, 15) is 0 Å². The van der Waals surface area contributed by atoms with Crippen LogP contribution in [0.5, 0.6) is 0 Å². The third kappa shape index (κ3) is 21.4. The molecule has 0 aliphatic carbocycles. The van der Waals surface area contributed by atoms with Crippen LogP contribution < -0.4 is 0 Å². The zero-order chi connectivity index (χ0) is 19.8. The molecule has 0 rings (SSSR count). The summed E-state index contributed by atoms with van der Waals surface area (Å²) in [4.78, 5) is 2.33. The third-order valence-electron chi connectivity index (χ3n) is 5.41. The van der Waals surface area contributed by atoms with Crippen molar-refractivity contribution in [2.75, 3.05) is 6.54 Å². The Balaban J connectivity index is 3.50. The van der Waals surface area contributed by atoms with E-state index < -0.39 is 0 Å². The van der Waals surface area contributed by atoms with Crippen LogP contribution in [0.2, 0.25) is 0 Å². The molecule has 27 heavy (non-hydrogen) atoms. The van der Waals surface area contributed by atoms with E-state index in [0.29, 0.717) is 0 Å². The highest BCUT2D eigenvalue weighted by Crippen LogP contribution is 2.11. The van der Waals surface area contributed by atoms with E-state index >= 15 is 0 Å². The molecule has 0 aromatic heterocycles. The molecular formula is C26H51N. The number of unbranched alkanes of at least 4 members (excludes halogenated alkanes) is 16. The molecule has 0 aliphatic heterocycles. The molecule has 1 heteroatoms. The molecule has 0 bridgehead atoms. The summed E-state index contributed by atoms with van der Waals surface area (Å²) >= 11 is 0. The van der Waals surface area contributed by atoms with Gasteiger partial charge in [0.1, 0.15) is 0 Å². The molecule has 0 aromatic rings. The Morgan fingerprint density at radius 3 is 1.11 bits per heavy atom. The molecule has 0 atom stereocenters. The Hall–Kier alpha value is -0.720. The first kappa shape index (κ1) is 26.3. The monoisotopic (exact) mass is 377 g/mol. The van der Waals surface area contributed by atoms with Gasteiger partial charge in [0.05, 0.1) is 0 Å². The van der Waals surface area contributed by atoms with Gasteiger partial charge in [-0.2, -0.15) is 0 Å². The van der Waals surface area contributed by atoms with Gasteiger partial charge < -0.3 is 4.90 Å². The molecule has 0 heterocycles. The maximum atomic E-state index is 2.36. The van der Waals surface area contributed by atoms with Crippen molar-refractivity contribution in [2.24, 2.45) is 0 Å². The van der Waals surface area contributed by atoms with Gasteiger partial charge in [-0.1, -0.05) is 116 Å². The summed E-state index contributed by atoms with van der Waals surface area (Å²) in [5, 5.41) is 0. The summed E-state index contributed by atoms with van der Waals surface area (Å²) in [6, 6.07) is 0. The molecule has 0 amide bonds. The zero-order valence-electron chi connectivity index (χ0n) is 19.2. The SMILES string of the molecule is CCCCCCCCCCC=CN(C=CCCCCCCCCCC)CC. The van der Waals surface area contributed by atoms with Gasteiger partial charge in [-0.05, 0) is 45.0 Å². The molecule has 0 N–H and O–H groups in total. The summed E-state index contributed by atoms with van der Waals surface area (Å²) in [5.74, 6) is 0. The largest absolute Gasteiger partial charge is 0.355 e. The summed E-state index contributed by atoms with van der Waals surface area (Å²) in [6.45, 7) is 7.89. The number of hydrogen-bond donors (Lipinski definition) is 0. The first-order valence-corrected chi connectivity index (χ1v) is 12.4. The van der Waals surface area contributed by atoms with Crippen molar-refractivity contribution in [3.8, 4) is 0 Å². The number of nitrogens with zero attached hydrogens (tertiary/aromatic N) is 1. The van der Waals surface area contributed by atoms with Gasteiger partial charge in [0.2, 0.25) is 0 Å². The van der Waals surface area contributed by atoms with Gasteiger partial charge in [0.25, 0.3) is 0 Å². The molecule has 1 nitrogen and oxygen atoms in total. The fraction of sp³-hybridized carbons (Fsp3) is 0.846. The predicted molar refractivity (Wildman–Crippen MR) is 125 cm³/mol. The predicted octanol–water partition coefficient (Wildman–Crippen LogP) is 9.40. The first-order valence-electron chi connectivity index (χ1n) is 12.4. The second-order valence-corrected chi connectivity index (χ2v) is 8.13. The normalized spacial score (nSPS) is 11.8. The van der Waals surface area contributed by atoms with Crippen LogP contribution in [0.15, 0.2) is 24.6 Å². The molecule has 0 saturated carbocycles. The standard InChI is InChI=1S/C26H51N/c1-4-7-9-11-13-15-17-19-21-23-25-27(6-3)26-24-22-20-18-16-14-12-10-8-5-2/h23-26H,4-22H2,1-3H3. The van der Waals surface area contributed by atoms with E-state index in [2.05, 4.69) is 50.2 Å². The fourth-order valence-electron chi connectivity index (χ4n) is 3.47. The minimum atomic E-state index is 1.07. The van der Waals surface area contributed by atoms with Crippen LogP contribution in [0.4, 0.5) is 0 Å². The van der Waals surface area contributed by atoms with Crippen LogP contribution in [-0.4, -0.2) is 11.4 Å². The van der Waals surface area contributed by atoms with Crippen molar-refractivity contribution in [2.45, 2.75) is 136 Å². The molecule has 0 saturated heterocycles. The third-order valence-corrected chi connectivity index (χ3v) is 5.41. The number of rotatable bonds is 21. The van der Waals surface area contributed by atoms with Gasteiger partial charge >= 0.3 is 0 Å². The van der Waals surface area contributed by atoms with Crippen LogP contribution in [0.3, 0.4) is 0 Å². The average molecular weight is 378 g/mol. The van der Waals surface area contributed by atoms with Gasteiger partial charge in [0.15, 0.2) is 0 Å². The molecule has 0 aliphatic rings. The van der Waals surface area contributed by atoms with Gasteiger partial charge in [0, 0.05) is 6.54 Å². The van der Waals surface area contributed by atoms with Crippen LogP contribution in [0.1, 0.15) is 136 Å².